The Morgan fingerprint density at radius 2 is 2.10 bits per heavy atom. The fraction of sp³-hybridized carbons (Fsp3) is 0.312. The summed E-state index contributed by atoms with van der Waals surface area (Å²) in [5.41, 5.74) is 2.14. The second-order valence-electron chi connectivity index (χ2n) is 5.08. The van der Waals surface area contributed by atoms with Crippen LogP contribution in [0.1, 0.15) is 35.3 Å². The minimum absolute atomic E-state index is 0.132. The molecule has 0 bridgehead atoms. The van der Waals surface area contributed by atoms with Gasteiger partial charge < -0.3 is 5.32 Å². The molecule has 108 valence electrons. The third-order valence-corrected chi connectivity index (χ3v) is 4.84. The first-order valence-electron chi connectivity index (χ1n) is 7.10. The number of hydrogen-bond donors (Lipinski definition) is 1. The molecule has 4 nitrogen and oxygen atoms in total. The van der Waals surface area contributed by atoms with Gasteiger partial charge in [-0.2, -0.15) is 0 Å². The van der Waals surface area contributed by atoms with Crippen LogP contribution in [0, 0.1) is 6.92 Å². The van der Waals surface area contributed by atoms with Crippen molar-refractivity contribution in [3.63, 3.8) is 0 Å². The van der Waals surface area contributed by atoms with E-state index in [1.807, 2.05) is 18.3 Å². The average Bonchev–Trinajstić information content (AvgIpc) is 2.96. The molecule has 0 amide bonds. The van der Waals surface area contributed by atoms with Crippen molar-refractivity contribution in [2.24, 2.45) is 0 Å². The number of fused-ring (bicyclic) bond motifs is 1. The molecule has 21 heavy (non-hydrogen) atoms. The number of benzene rings is 1. The van der Waals surface area contributed by atoms with Crippen LogP contribution in [0.5, 0.6) is 0 Å². The van der Waals surface area contributed by atoms with Gasteiger partial charge in [-0.05, 0) is 31.9 Å². The Morgan fingerprint density at radius 3 is 2.86 bits per heavy atom. The summed E-state index contributed by atoms with van der Waals surface area (Å²) in [5, 5.41) is 5.65. The fourth-order valence-electron chi connectivity index (χ4n) is 2.34. The van der Waals surface area contributed by atoms with Crippen molar-refractivity contribution in [1.82, 2.24) is 15.0 Å². The van der Waals surface area contributed by atoms with E-state index in [1.54, 1.807) is 17.7 Å². The van der Waals surface area contributed by atoms with Gasteiger partial charge >= 0.3 is 0 Å². The molecule has 2 heterocycles. The monoisotopic (exact) mass is 298 g/mol. The van der Waals surface area contributed by atoms with Gasteiger partial charge in [0.25, 0.3) is 0 Å². The number of rotatable bonds is 4. The molecular formula is C16H18N4S. The zero-order chi connectivity index (χ0) is 14.8. The van der Waals surface area contributed by atoms with Crippen molar-refractivity contribution < 1.29 is 0 Å². The Labute approximate surface area is 128 Å². The molecule has 0 aliphatic carbocycles. The largest absolute Gasteiger partial charge is 0.360 e. The van der Waals surface area contributed by atoms with Gasteiger partial charge in [-0.3, -0.25) is 0 Å². The molecule has 0 aliphatic heterocycles. The lowest BCUT2D eigenvalue weighted by Crippen LogP contribution is -2.08. The lowest BCUT2D eigenvalue weighted by atomic mass is 10.1. The summed E-state index contributed by atoms with van der Waals surface area (Å²) in [7, 11) is 0. The van der Waals surface area contributed by atoms with Gasteiger partial charge in [0.2, 0.25) is 0 Å². The lowest BCUT2D eigenvalue weighted by molar-refractivity contribution is 0.861. The Balaban J connectivity index is 1.94. The second-order valence-corrected chi connectivity index (χ2v) is 6.22. The quantitative estimate of drug-likeness (QED) is 0.787. The van der Waals surface area contributed by atoms with Crippen LogP contribution in [0.3, 0.4) is 0 Å². The summed E-state index contributed by atoms with van der Waals surface area (Å²) in [6.45, 7) is 6.35. The average molecular weight is 298 g/mol. The van der Waals surface area contributed by atoms with Crippen molar-refractivity contribution >= 4 is 28.1 Å². The van der Waals surface area contributed by atoms with Gasteiger partial charge in [-0.25, -0.2) is 15.0 Å². The van der Waals surface area contributed by atoms with E-state index in [0.717, 1.165) is 28.1 Å². The third kappa shape index (κ3) is 2.74. The van der Waals surface area contributed by atoms with Gasteiger partial charge in [0.15, 0.2) is 0 Å². The highest BCUT2D eigenvalue weighted by atomic mass is 32.1. The Hall–Kier alpha value is -2.01. The van der Waals surface area contributed by atoms with E-state index < -0.39 is 0 Å². The van der Waals surface area contributed by atoms with Crippen LogP contribution < -0.4 is 5.32 Å². The third-order valence-electron chi connectivity index (χ3n) is 3.51. The summed E-state index contributed by atoms with van der Waals surface area (Å²) in [6.07, 6.45) is 4.59. The smallest absolute Gasteiger partial charge is 0.138 e. The molecule has 5 heteroatoms. The maximum Gasteiger partial charge on any atom is 0.138 e. The van der Waals surface area contributed by atoms with Gasteiger partial charge in [0.05, 0.1) is 11.6 Å². The highest BCUT2D eigenvalue weighted by Crippen LogP contribution is 2.28. The number of thiazole rings is 1. The molecule has 1 aromatic carbocycles. The minimum atomic E-state index is 0.132. The van der Waals surface area contributed by atoms with Crippen LogP contribution in [-0.4, -0.2) is 15.0 Å². The SMILES string of the molecule is CCc1cnc(C(C)Nc2ncnc3cccc(C)c23)s1. The van der Waals surface area contributed by atoms with Crippen LogP contribution in [0.4, 0.5) is 5.82 Å². The number of aromatic nitrogens is 3. The summed E-state index contributed by atoms with van der Waals surface area (Å²) in [4.78, 5) is 14.6. The summed E-state index contributed by atoms with van der Waals surface area (Å²) < 4.78 is 0. The van der Waals surface area contributed by atoms with E-state index in [0.29, 0.717) is 0 Å². The predicted molar refractivity (Wildman–Crippen MR) is 87.8 cm³/mol. The number of nitrogens with zero attached hydrogens (tertiary/aromatic N) is 3. The standard InChI is InChI=1S/C16H18N4S/c1-4-12-8-17-16(21-12)11(3)20-15-14-10(2)6-5-7-13(14)18-9-19-15/h5-9,11H,4H2,1-3H3,(H,18,19,20). The fourth-order valence-corrected chi connectivity index (χ4v) is 3.20. The highest BCUT2D eigenvalue weighted by Gasteiger charge is 2.13. The minimum Gasteiger partial charge on any atom is -0.360 e. The molecular weight excluding hydrogens is 280 g/mol. The highest BCUT2D eigenvalue weighted by molar-refractivity contribution is 7.11. The molecule has 0 aliphatic rings. The lowest BCUT2D eigenvalue weighted by Gasteiger charge is -2.14. The van der Waals surface area contributed by atoms with Gasteiger partial charge in [0, 0.05) is 16.5 Å². The molecule has 0 fully saturated rings. The number of hydrogen-bond acceptors (Lipinski definition) is 5. The van der Waals surface area contributed by atoms with E-state index >= 15 is 0 Å². The van der Waals surface area contributed by atoms with Crippen LogP contribution in [0.25, 0.3) is 10.9 Å². The predicted octanol–water partition coefficient (Wildman–Crippen LogP) is 4.13. The van der Waals surface area contributed by atoms with Crippen LogP contribution >= 0.6 is 11.3 Å². The summed E-state index contributed by atoms with van der Waals surface area (Å²) in [6, 6.07) is 6.25. The maximum atomic E-state index is 4.50. The van der Waals surface area contributed by atoms with E-state index in [4.69, 9.17) is 0 Å². The molecule has 0 radical (unpaired) electrons. The van der Waals surface area contributed by atoms with Gasteiger partial charge in [0.1, 0.15) is 17.2 Å². The van der Waals surface area contributed by atoms with E-state index in [-0.39, 0.29) is 6.04 Å². The van der Waals surface area contributed by atoms with E-state index in [1.165, 1.54) is 10.4 Å². The van der Waals surface area contributed by atoms with Crippen molar-refractivity contribution in [3.8, 4) is 0 Å². The van der Waals surface area contributed by atoms with E-state index in [2.05, 4.69) is 47.1 Å². The van der Waals surface area contributed by atoms with Crippen LogP contribution in [0.2, 0.25) is 0 Å². The van der Waals surface area contributed by atoms with Crippen molar-refractivity contribution in [3.05, 3.63) is 46.2 Å². The Bertz CT molecular complexity index is 761. The number of aryl methyl sites for hydroxylation is 2. The second kappa shape index (κ2) is 5.77. The topological polar surface area (TPSA) is 50.7 Å². The zero-order valence-corrected chi connectivity index (χ0v) is 13.2. The van der Waals surface area contributed by atoms with Crippen LogP contribution in [-0.2, 0) is 6.42 Å². The van der Waals surface area contributed by atoms with Crippen molar-refractivity contribution in [1.29, 1.82) is 0 Å². The zero-order valence-electron chi connectivity index (χ0n) is 12.4. The van der Waals surface area contributed by atoms with Gasteiger partial charge in [-0.15, -0.1) is 11.3 Å². The Kier molecular flexibility index (Phi) is 3.84. The molecule has 1 N–H and O–H groups in total. The summed E-state index contributed by atoms with van der Waals surface area (Å²) >= 11 is 1.75. The molecule has 3 aromatic rings. The first-order valence-corrected chi connectivity index (χ1v) is 7.92. The number of anilines is 1. The normalized spacial score (nSPS) is 12.5. The summed E-state index contributed by atoms with van der Waals surface area (Å²) in [5.74, 6) is 0.874. The molecule has 3 rings (SSSR count). The molecule has 1 unspecified atom stereocenters. The Morgan fingerprint density at radius 1 is 1.24 bits per heavy atom. The van der Waals surface area contributed by atoms with E-state index in [9.17, 15) is 0 Å². The first-order chi connectivity index (χ1) is 10.2. The molecule has 0 spiro atoms. The first kappa shape index (κ1) is 13.9. The van der Waals surface area contributed by atoms with Crippen molar-refractivity contribution in [2.45, 2.75) is 33.2 Å². The van der Waals surface area contributed by atoms with Crippen molar-refractivity contribution in [2.75, 3.05) is 5.32 Å². The molecule has 0 saturated carbocycles. The van der Waals surface area contributed by atoms with Gasteiger partial charge in [-0.1, -0.05) is 19.1 Å². The molecule has 0 saturated heterocycles. The molecule has 1 atom stereocenters. The molecule has 2 aromatic heterocycles. The maximum absolute atomic E-state index is 4.50. The number of nitrogens with one attached hydrogen (secondary N) is 1. The van der Waals surface area contributed by atoms with Crippen LogP contribution in [0.15, 0.2) is 30.7 Å².